The van der Waals surface area contributed by atoms with Crippen molar-refractivity contribution in [2.24, 2.45) is 0 Å². The molecule has 1 aliphatic heterocycles. The third-order valence-corrected chi connectivity index (χ3v) is 8.22. The van der Waals surface area contributed by atoms with Gasteiger partial charge in [-0.2, -0.15) is 0 Å². The van der Waals surface area contributed by atoms with Crippen LogP contribution < -0.4 is 5.32 Å². The fraction of sp³-hybridized carbons (Fsp3) is 0.125. The molecule has 1 fully saturated rings. The van der Waals surface area contributed by atoms with Gasteiger partial charge in [0.1, 0.15) is 4.32 Å². The van der Waals surface area contributed by atoms with Gasteiger partial charge in [-0.1, -0.05) is 113 Å². The van der Waals surface area contributed by atoms with Gasteiger partial charge in [-0.3, -0.25) is 14.5 Å². The number of aromatic nitrogens is 2. The molecular weight excluding hydrogens is 540 g/mol. The molecule has 2 heterocycles. The van der Waals surface area contributed by atoms with Crippen molar-refractivity contribution in [1.82, 2.24) is 15.1 Å². The number of hydrogen-bond acceptors (Lipinski definition) is 8. The third kappa shape index (κ3) is 7.49. The Morgan fingerprint density at radius 3 is 2.66 bits per heavy atom. The van der Waals surface area contributed by atoms with Crippen LogP contribution in [0, 0.1) is 0 Å². The summed E-state index contributed by atoms with van der Waals surface area (Å²) in [7, 11) is 0. The van der Waals surface area contributed by atoms with Gasteiger partial charge in [0.05, 0.1) is 4.91 Å². The maximum atomic E-state index is 12.7. The van der Waals surface area contributed by atoms with E-state index in [1.165, 1.54) is 28.0 Å². The van der Waals surface area contributed by atoms with Gasteiger partial charge in [-0.05, 0) is 29.3 Å². The molecule has 6 nitrogen and oxygen atoms in total. The topological polar surface area (TPSA) is 75.2 Å². The number of nitrogens with zero attached hydrogens (tertiary/aromatic N) is 3. The van der Waals surface area contributed by atoms with Gasteiger partial charge < -0.3 is 5.32 Å². The maximum absolute atomic E-state index is 12.7. The van der Waals surface area contributed by atoms with Gasteiger partial charge in [0.15, 0.2) is 4.34 Å². The summed E-state index contributed by atoms with van der Waals surface area (Å²) in [5, 5.41) is 11.9. The van der Waals surface area contributed by atoms with Crippen molar-refractivity contribution in [1.29, 1.82) is 0 Å². The molecule has 1 aromatic heterocycles. The molecule has 11 heteroatoms. The van der Waals surface area contributed by atoms with Crippen molar-refractivity contribution in [2.45, 2.75) is 10.8 Å². The first-order valence-corrected chi connectivity index (χ1v) is 13.9. The first-order valence-electron chi connectivity index (χ1n) is 10.5. The molecule has 1 saturated heterocycles. The van der Waals surface area contributed by atoms with E-state index < -0.39 is 0 Å². The summed E-state index contributed by atoms with van der Waals surface area (Å²) >= 11 is 15.3. The van der Waals surface area contributed by atoms with Crippen LogP contribution in [0.2, 0.25) is 5.02 Å². The third-order valence-electron chi connectivity index (χ3n) is 4.67. The molecule has 0 spiro atoms. The molecule has 0 radical (unpaired) electrons. The van der Waals surface area contributed by atoms with E-state index in [2.05, 4.69) is 27.7 Å². The highest BCUT2D eigenvalue weighted by molar-refractivity contribution is 8.26. The Morgan fingerprint density at radius 2 is 1.89 bits per heavy atom. The number of anilines is 1. The highest BCUT2D eigenvalue weighted by Gasteiger charge is 2.32. The van der Waals surface area contributed by atoms with E-state index in [4.69, 9.17) is 23.8 Å². The summed E-state index contributed by atoms with van der Waals surface area (Å²) in [5.74, 6) is 0.286. The molecule has 4 rings (SSSR count). The summed E-state index contributed by atoms with van der Waals surface area (Å²) in [4.78, 5) is 27.1. The highest BCUT2D eigenvalue weighted by atomic mass is 35.5. The van der Waals surface area contributed by atoms with Gasteiger partial charge in [0.2, 0.25) is 11.0 Å². The van der Waals surface area contributed by atoms with Crippen LogP contribution in [-0.4, -0.2) is 43.5 Å². The number of carbonyl (C=O) groups excluding carboxylic acids is 2. The summed E-state index contributed by atoms with van der Waals surface area (Å²) in [5.41, 5.74) is 1.99. The zero-order valence-electron chi connectivity index (χ0n) is 18.2. The van der Waals surface area contributed by atoms with E-state index in [0.29, 0.717) is 19.4 Å². The Kier molecular flexibility index (Phi) is 9.11. The van der Waals surface area contributed by atoms with E-state index >= 15 is 0 Å². The molecule has 0 atom stereocenters. The van der Waals surface area contributed by atoms with E-state index in [-0.39, 0.29) is 24.8 Å². The first-order chi connectivity index (χ1) is 17.0. The molecule has 0 bridgehead atoms. The van der Waals surface area contributed by atoms with Gasteiger partial charge in [0.25, 0.3) is 5.91 Å². The Bertz CT molecular complexity index is 1280. The first kappa shape index (κ1) is 25.6. The second kappa shape index (κ2) is 12.5. The molecule has 1 aliphatic rings. The van der Waals surface area contributed by atoms with Crippen LogP contribution in [0.4, 0.5) is 5.13 Å². The van der Waals surface area contributed by atoms with Gasteiger partial charge in [-0.25, -0.2) is 0 Å². The average molecular weight is 559 g/mol. The number of thioether (sulfide) groups is 2. The minimum atomic E-state index is -0.252. The number of benzene rings is 2. The summed E-state index contributed by atoms with van der Waals surface area (Å²) in [6, 6.07) is 17.2. The Labute approximate surface area is 225 Å². The SMILES string of the molecule is O=C(CCN1C(=O)/C(=C\c2ccc(Cl)cc2)SC1=S)Nc1nnc(SC/C=C/c2ccccc2)s1. The molecule has 0 saturated carbocycles. The number of amides is 2. The summed E-state index contributed by atoms with van der Waals surface area (Å²) in [6.07, 6.45) is 5.98. The fourth-order valence-electron chi connectivity index (χ4n) is 2.98. The van der Waals surface area contributed by atoms with Crippen molar-refractivity contribution in [3.8, 4) is 0 Å². The number of thiocarbonyl (C=S) groups is 1. The lowest BCUT2D eigenvalue weighted by Crippen LogP contribution is -2.31. The second-order valence-electron chi connectivity index (χ2n) is 7.18. The number of hydrogen-bond donors (Lipinski definition) is 1. The summed E-state index contributed by atoms with van der Waals surface area (Å²) < 4.78 is 1.20. The van der Waals surface area contributed by atoms with Crippen molar-refractivity contribution in [3.05, 3.63) is 81.7 Å². The average Bonchev–Trinajstić information content (AvgIpc) is 3.40. The zero-order valence-corrected chi connectivity index (χ0v) is 22.2. The van der Waals surface area contributed by atoms with Crippen LogP contribution in [0.25, 0.3) is 12.2 Å². The zero-order chi connectivity index (χ0) is 24.6. The number of rotatable bonds is 9. The van der Waals surface area contributed by atoms with Crippen LogP contribution in [0.3, 0.4) is 0 Å². The van der Waals surface area contributed by atoms with E-state index in [0.717, 1.165) is 21.2 Å². The van der Waals surface area contributed by atoms with Crippen molar-refractivity contribution >= 4 is 92.1 Å². The molecule has 1 N–H and O–H groups in total. The normalized spacial score (nSPS) is 14.9. The van der Waals surface area contributed by atoms with E-state index in [9.17, 15) is 9.59 Å². The number of nitrogens with one attached hydrogen (secondary N) is 1. The van der Waals surface area contributed by atoms with Crippen LogP contribution in [0.5, 0.6) is 0 Å². The van der Waals surface area contributed by atoms with Crippen molar-refractivity contribution < 1.29 is 9.59 Å². The smallest absolute Gasteiger partial charge is 0.266 e. The molecule has 0 aliphatic carbocycles. The monoisotopic (exact) mass is 558 g/mol. The molecule has 2 amide bonds. The minimum absolute atomic E-state index is 0.0997. The maximum Gasteiger partial charge on any atom is 0.266 e. The predicted molar refractivity (Wildman–Crippen MR) is 151 cm³/mol. The molecule has 0 unspecified atom stereocenters. The van der Waals surface area contributed by atoms with E-state index in [1.54, 1.807) is 30.0 Å². The van der Waals surface area contributed by atoms with Gasteiger partial charge in [0, 0.05) is 23.7 Å². The van der Waals surface area contributed by atoms with Crippen LogP contribution in [0.15, 0.2) is 69.9 Å². The van der Waals surface area contributed by atoms with Crippen LogP contribution in [0.1, 0.15) is 17.5 Å². The van der Waals surface area contributed by atoms with Gasteiger partial charge in [-0.15, -0.1) is 10.2 Å². The Balaban J connectivity index is 1.23. The van der Waals surface area contributed by atoms with Crippen molar-refractivity contribution in [2.75, 3.05) is 17.6 Å². The van der Waals surface area contributed by atoms with Crippen LogP contribution in [-0.2, 0) is 9.59 Å². The van der Waals surface area contributed by atoms with Crippen molar-refractivity contribution in [3.63, 3.8) is 0 Å². The highest BCUT2D eigenvalue weighted by Crippen LogP contribution is 2.33. The molecule has 3 aromatic rings. The lowest BCUT2D eigenvalue weighted by Gasteiger charge is -2.13. The fourth-order valence-corrected chi connectivity index (χ4v) is 6.02. The van der Waals surface area contributed by atoms with Gasteiger partial charge >= 0.3 is 0 Å². The standard InChI is InChI=1S/C24H19ClN4O2S4/c25-18-10-8-17(9-11-18)15-19-21(31)29(24(32)34-19)13-12-20(30)26-22-27-28-23(35-22)33-14-4-7-16-5-2-1-3-6-16/h1-11,15H,12-14H2,(H,26,27,30)/b7-4+,19-15+. The second-order valence-corrected chi connectivity index (χ2v) is 11.5. The Hall–Kier alpha value is -2.50. The quantitative estimate of drug-likeness (QED) is 0.144. The number of halogens is 1. The summed E-state index contributed by atoms with van der Waals surface area (Å²) in [6.45, 7) is 0.194. The lowest BCUT2D eigenvalue weighted by molar-refractivity contribution is -0.122. The molecular formula is C24H19ClN4O2S4. The number of carbonyl (C=O) groups is 2. The Morgan fingerprint density at radius 1 is 1.11 bits per heavy atom. The lowest BCUT2D eigenvalue weighted by atomic mass is 10.2. The minimum Gasteiger partial charge on any atom is -0.300 e. The van der Waals surface area contributed by atoms with Crippen LogP contribution >= 0.6 is 58.7 Å². The predicted octanol–water partition coefficient (Wildman–Crippen LogP) is 6.23. The molecule has 2 aromatic carbocycles. The largest absolute Gasteiger partial charge is 0.300 e. The van der Waals surface area contributed by atoms with E-state index in [1.807, 2.05) is 42.5 Å². The molecule has 35 heavy (non-hydrogen) atoms. The molecule has 178 valence electrons.